The predicted molar refractivity (Wildman–Crippen MR) is 59.6 cm³/mol. The first-order valence-electron chi connectivity index (χ1n) is 4.12. The molecule has 0 aliphatic rings. The van der Waals surface area contributed by atoms with Gasteiger partial charge in [0.15, 0.2) is 0 Å². The summed E-state index contributed by atoms with van der Waals surface area (Å²) in [5, 5.41) is 3.42. The lowest BCUT2D eigenvalue weighted by Crippen LogP contribution is -1.79. The van der Waals surface area contributed by atoms with E-state index in [9.17, 15) is 0 Å². The summed E-state index contributed by atoms with van der Waals surface area (Å²) in [6.45, 7) is 0.490. The van der Waals surface area contributed by atoms with Crippen LogP contribution < -0.4 is 0 Å². The molecule has 0 aliphatic carbocycles. The quantitative estimate of drug-likeness (QED) is 0.350. The van der Waals surface area contributed by atoms with E-state index in [0.29, 0.717) is 6.54 Å². The van der Waals surface area contributed by atoms with E-state index < -0.39 is 0 Å². The van der Waals surface area contributed by atoms with Crippen LogP contribution in [0.5, 0.6) is 0 Å². The Bertz CT molecular complexity index is 352. The molecule has 0 amide bonds. The number of rotatable bonds is 4. The van der Waals surface area contributed by atoms with Gasteiger partial charge in [-0.25, -0.2) is 0 Å². The third-order valence-corrected chi connectivity index (χ3v) is 1.97. The highest BCUT2D eigenvalue weighted by molar-refractivity contribution is 9.10. The minimum Gasteiger partial charge on any atom is -0.256 e. The molecule has 0 unspecified atom stereocenters. The van der Waals surface area contributed by atoms with E-state index in [4.69, 9.17) is 5.53 Å². The van der Waals surface area contributed by atoms with Crippen LogP contribution in [0.2, 0.25) is 0 Å². The molecule has 0 aromatic carbocycles. The van der Waals surface area contributed by atoms with Crippen LogP contribution in [0.15, 0.2) is 34.0 Å². The van der Waals surface area contributed by atoms with E-state index in [2.05, 4.69) is 30.9 Å². The van der Waals surface area contributed by atoms with Crippen LogP contribution in [0, 0.1) is 0 Å². The Morgan fingerprint density at radius 2 is 2.43 bits per heavy atom. The molecule has 0 aliphatic heterocycles. The smallest absolute Gasteiger partial charge is 0.0627 e. The molecule has 0 saturated heterocycles. The second-order valence-corrected chi connectivity index (χ2v) is 3.46. The van der Waals surface area contributed by atoms with Crippen molar-refractivity contribution in [1.82, 2.24) is 4.98 Å². The van der Waals surface area contributed by atoms with E-state index in [0.717, 1.165) is 16.6 Å². The van der Waals surface area contributed by atoms with Gasteiger partial charge in [-0.2, -0.15) is 0 Å². The maximum Gasteiger partial charge on any atom is 0.0627 e. The van der Waals surface area contributed by atoms with Gasteiger partial charge in [0.2, 0.25) is 0 Å². The van der Waals surface area contributed by atoms with Gasteiger partial charge in [-0.05, 0) is 46.1 Å². The molecule has 4 nitrogen and oxygen atoms in total. The molecule has 0 spiro atoms. The SMILES string of the molecule is [N-]=[N+]=NCCC=Cc1ccc(Br)cn1. The van der Waals surface area contributed by atoms with E-state index in [1.165, 1.54) is 0 Å². The molecule has 1 rings (SSSR count). The fourth-order valence-electron chi connectivity index (χ4n) is 0.867. The van der Waals surface area contributed by atoms with Crippen molar-refractivity contribution in [1.29, 1.82) is 0 Å². The molecule has 0 fully saturated rings. The molecular weight excluding hydrogens is 244 g/mol. The fraction of sp³-hybridized carbons (Fsp3) is 0.222. The van der Waals surface area contributed by atoms with Crippen LogP contribution in [0.3, 0.4) is 0 Å². The zero-order valence-electron chi connectivity index (χ0n) is 7.47. The molecule has 1 aromatic rings. The third kappa shape index (κ3) is 4.07. The Morgan fingerprint density at radius 1 is 1.57 bits per heavy atom. The number of aromatic nitrogens is 1. The Balaban J connectivity index is 2.43. The van der Waals surface area contributed by atoms with Crippen LogP contribution in [0.4, 0.5) is 0 Å². The summed E-state index contributed by atoms with van der Waals surface area (Å²) in [4.78, 5) is 6.82. The molecule has 0 saturated carbocycles. The number of hydrogen-bond donors (Lipinski definition) is 0. The van der Waals surface area contributed by atoms with Crippen LogP contribution in [0.1, 0.15) is 12.1 Å². The highest BCUT2D eigenvalue weighted by Crippen LogP contribution is 2.08. The van der Waals surface area contributed by atoms with Gasteiger partial charge < -0.3 is 0 Å². The van der Waals surface area contributed by atoms with E-state index in [1.54, 1.807) is 6.20 Å². The van der Waals surface area contributed by atoms with Gasteiger partial charge in [-0.1, -0.05) is 11.2 Å². The number of nitrogens with zero attached hydrogens (tertiary/aromatic N) is 4. The Morgan fingerprint density at radius 3 is 3.07 bits per heavy atom. The van der Waals surface area contributed by atoms with Crippen molar-refractivity contribution in [3.05, 3.63) is 45.0 Å². The van der Waals surface area contributed by atoms with Crippen LogP contribution in [-0.4, -0.2) is 11.5 Å². The summed E-state index contributed by atoms with van der Waals surface area (Å²) in [7, 11) is 0. The summed E-state index contributed by atoms with van der Waals surface area (Å²) >= 11 is 3.31. The first-order chi connectivity index (χ1) is 6.83. The summed E-state index contributed by atoms with van der Waals surface area (Å²) in [6.07, 6.45) is 6.32. The normalized spacial score (nSPS) is 10.1. The minimum atomic E-state index is 0.490. The van der Waals surface area contributed by atoms with Crippen molar-refractivity contribution < 1.29 is 0 Å². The van der Waals surface area contributed by atoms with Gasteiger partial charge >= 0.3 is 0 Å². The van der Waals surface area contributed by atoms with Crippen LogP contribution >= 0.6 is 15.9 Å². The largest absolute Gasteiger partial charge is 0.256 e. The highest BCUT2D eigenvalue weighted by Gasteiger charge is 1.87. The zero-order chi connectivity index (χ0) is 10.2. The third-order valence-electron chi connectivity index (χ3n) is 1.50. The molecule has 1 aromatic heterocycles. The van der Waals surface area contributed by atoms with E-state index in [1.807, 2.05) is 24.3 Å². The van der Waals surface area contributed by atoms with Gasteiger partial charge in [0.25, 0.3) is 0 Å². The van der Waals surface area contributed by atoms with Crippen molar-refractivity contribution in [3.63, 3.8) is 0 Å². The monoisotopic (exact) mass is 252 g/mol. The first-order valence-corrected chi connectivity index (χ1v) is 4.91. The second-order valence-electron chi connectivity index (χ2n) is 2.55. The van der Waals surface area contributed by atoms with Gasteiger partial charge in [0.05, 0.1) is 5.69 Å². The van der Waals surface area contributed by atoms with Crippen molar-refractivity contribution in [2.24, 2.45) is 5.11 Å². The summed E-state index contributed by atoms with van der Waals surface area (Å²) < 4.78 is 0.962. The molecule has 14 heavy (non-hydrogen) atoms. The molecule has 0 atom stereocenters. The van der Waals surface area contributed by atoms with Crippen LogP contribution in [0.25, 0.3) is 16.5 Å². The Kier molecular flexibility index (Phi) is 4.75. The minimum absolute atomic E-state index is 0.490. The lowest BCUT2D eigenvalue weighted by atomic mass is 10.3. The molecule has 0 N–H and O–H groups in total. The molecule has 5 heteroatoms. The average molecular weight is 253 g/mol. The molecular formula is C9H9BrN4. The second kappa shape index (κ2) is 6.18. The van der Waals surface area contributed by atoms with Gasteiger partial charge in [0.1, 0.15) is 0 Å². The zero-order valence-corrected chi connectivity index (χ0v) is 9.05. The summed E-state index contributed by atoms with van der Waals surface area (Å²) in [5.41, 5.74) is 8.93. The summed E-state index contributed by atoms with van der Waals surface area (Å²) in [6, 6.07) is 3.84. The van der Waals surface area contributed by atoms with Gasteiger partial charge in [-0.15, -0.1) is 0 Å². The maximum atomic E-state index is 8.03. The van der Waals surface area contributed by atoms with Crippen molar-refractivity contribution in [3.8, 4) is 0 Å². The topological polar surface area (TPSA) is 61.7 Å². The fourth-order valence-corrected chi connectivity index (χ4v) is 1.10. The number of halogens is 1. The van der Waals surface area contributed by atoms with E-state index in [-0.39, 0.29) is 0 Å². The lowest BCUT2D eigenvalue weighted by molar-refractivity contribution is 0.995. The summed E-state index contributed by atoms with van der Waals surface area (Å²) in [5.74, 6) is 0. The molecule has 1 heterocycles. The molecule has 0 bridgehead atoms. The lowest BCUT2D eigenvalue weighted by Gasteiger charge is -1.92. The standard InChI is InChI=1S/C9H9BrN4/c10-8-4-5-9(12-7-8)3-1-2-6-13-14-11/h1,3-5,7H,2,6H2. The predicted octanol–water partition coefficient (Wildman–Crippen LogP) is 3.56. The van der Waals surface area contributed by atoms with Crippen molar-refractivity contribution >= 4 is 22.0 Å². The highest BCUT2D eigenvalue weighted by atomic mass is 79.9. The van der Waals surface area contributed by atoms with Crippen molar-refractivity contribution in [2.75, 3.05) is 6.54 Å². The van der Waals surface area contributed by atoms with Crippen LogP contribution in [-0.2, 0) is 0 Å². The Hall–Kier alpha value is -1.32. The average Bonchev–Trinajstić information content (AvgIpc) is 2.21. The number of hydrogen-bond acceptors (Lipinski definition) is 2. The molecule has 0 radical (unpaired) electrons. The number of azide groups is 1. The van der Waals surface area contributed by atoms with Gasteiger partial charge in [0, 0.05) is 22.1 Å². The molecule has 72 valence electrons. The first kappa shape index (κ1) is 10.8. The van der Waals surface area contributed by atoms with E-state index >= 15 is 0 Å². The number of pyridine rings is 1. The van der Waals surface area contributed by atoms with Gasteiger partial charge in [-0.3, -0.25) is 4.98 Å². The van der Waals surface area contributed by atoms with Crippen molar-refractivity contribution in [2.45, 2.75) is 6.42 Å². The Labute approximate surface area is 90.4 Å². The maximum absolute atomic E-state index is 8.03.